The molecule has 0 aliphatic rings. The standard InChI is InChI=1S/C7H13NO/c1-4-6-8(5-2)7(3)9/h4,6H,5H2,1-3H3. The van der Waals surface area contributed by atoms with Gasteiger partial charge in [0.05, 0.1) is 0 Å². The summed E-state index contributed by atoms with van der Waals surface area (Å²) in [5.41, 5.74) is 0. The maximum atomic E-state index is 10.6. The predicted octanol–water partition coefficient (Wildman–Crippen LogP) is 1.39. The van der Waals surface area contributed by atoms with Crippen LogP contribution in [0, 0.1) is 0 Å². The summed E-state index contributed by atoms with van der Waals surface area (Å²) in [6.45, 7) is 6.15. The number of rotatable bonds is 2. The molecule has 0 atom stereocenters. The first-order chi connectivity index (χ1) is 4.22. The molecule has 0 aliphatic heterocycles. The fraction of sp³-hybridized carbons (Fsp3) is 0.571. The van der Waals surface area contributed by atoms with Gasteiger partial charge in [0.1, 0.15) is 0 Å². The minimum atomic E-state index is 0.0931. The van der Waals surface area contributed by atoms with Gasteiger partial charge in [0.25, 0.3) is 0 Å². The highest BCUT2D eigenvalue weighted by Crippen LogP contribution is 1.88. The van der Waals surface area contributed by atoms with Crippen LogP contribution in [0.1, 0.15) is 20.8 Å². The van der Waals surface area contributed by atoms with Gasteiger partial charge in [-0.15, -0.1) is 0 Å². The molecule has 0 N–H and O–H groups in total. The van der Waals surface area contributed by atoms with Crippen LogP contribution in [0.5, 0.6) is 0 Å². The van der Waals surface area contributed by atoms with E-state index < -0.39 is 0 Å². The number of amides is 1. The average molecular weight is 127 g/mol. The molecule has 0 rings (SSSR count). The van der Waals surface area contributed by atoms with Crippen LogP contribution in [0.25, 0.3) is 0 Å². The lowest BCUT2D eigenvalue weighted by atomic mass is 10.5. The fourth-order valence-electron chi connectivity index (χ4n) is 0.613. The molecule has 0 unspecified atom stereocenters. The number of carbonyl (C=O) groups excluding carboxylic acids is 1. The molecule has 0 bridgehead atoms. The Bertz CT molecular complexity index is 118. The number of carbonyl (C=O) groups is 1. The summed E-state index contributed by atoms with van der Waals surface area (Å²) < 4.78 is 0. The Kier molecular flexibility index (Phi) is 3.76. The molecule has 0 radical (unpaired) electrons. The zero-order valence-electron chi connectivity index (χ0n) is 6.22. The molecule has 0 fully saturated rings. The second-order valence-electron chi connectivity index (χ2n) is 1.79. The van der Waals surface area contributed by atoms with E-state index >= 15 is 0 Å². The maximum absolute atomic E-state index is 10.6. The van der Waals surface area contributed by atoms with Gasteiger partial charge in [0.2, 0.25) is 5.91 Å². The highest BCUT2D eigenvalue weighted by atomic mass is 16.2. The van der Waals surface area contributed by atoms with E-state index in [1.54, 1.807) is 18.0 Å². The van der Waals surface area contributed by atoms with Crippen molar-refractivity contribution in [2.75, 3.05) is 6.54 Å². The van der Waals surface area contributed by atoms with Crippen LogP contribution in [-0.2, 0) is 4.79 Å². The lowest BCUT2D eigenvalue weighted by molar-refractivity contribution is -0.126. The Hall–Kier alpha value is -0.790. The summed E-state index contributed by atoms with van der Waals surface area (Å²) in [5, 5.41) is 0. The zero-order valence-corrected chi connectivity index (χ0v) is 6.22. The number of nitrogens with zero attached hydrogens (tertiary/aromatic N) is 1. The molecule has 9 heavy (non-hydrogen) atoms. The molecule has 2 nitrogen and oxygen atoms in total. The van der Waals surface area contributed by atoms with Crippen molar-refractivity contribution >= 4 is 5.91 Å². The molecule has 0 aromatic rings. The first kappa shape index (κ1) is 8.21. The van der Waals surface area contributed by atoms with Gasteiger partial charge in [0, 0.05) is 19.7 Å². The van der Waals surface area contributed by atoms with Gasteiger partial charge in [-0.3, -0.25) is 4.79 Å². The van der Waals surface area contributed by atoms with Crippen molar-refractivity contribution in [1.82, 2.24) is 4.90 Å². The van der Waals surface area contributed by atoms with E-state index in [0.29, 0.717) is 0 Å². The first-order valence-corrected chi connectivity index (χ1v) is 3.12. The zero-order chi connectivity index (χ0) is 7.28. The molecular weight excluding hydrogens is 114 g/mol. The van der Waals surface area contributed by atoms with Gasteiger partial charge in [-0.25, -0.2) is 0 Å². The minimum Gasteiger partial charge on any atom is -0.320 e. The van der Waals surface area contributed by atoms with Crippen LogP contribution in [0.4, 0.5) is 0 Å². The second kappa shape index (κ2) is 4.13. The summed E-state index contributed by atoms with van der Waals surface area (Å²) in [6.07, 6.45) is 3.63. The summed E-state index contributed by atoms with van der Waals surface area (Å²) in [6, 6.07) is 0. The normalized spacial score (nSPS) is 10.1. The molecule has 0 aromatic carbocycles. The molecule has 52 valence electrons. The predicted molar refractivity (Wildman–Crippen MR) is 37.9 cm³/mol. The van der Waals surface area contributed by atoms with E-state index in [4.69, 9.17) is 0 Å². The average Bonchev–Trinajstić information content (AvgIpc) is 1.82. The maximum Gasteiger partial charge on any atom is 0.223 e. The summed E-state index contributed by atoms with van der Waals surface area (Å²) in [4.78, 5) is 12.3. The summed E-state index contributed by atoms with van der Waals surface area (Å²) >= 11 is 0. The molecule has 0 aromatic heterocycles. The van der Waals surface area contributed by atoms with Crippen molar-refractivity contribution in [2.24, 2.45) is 0 Å². The highest BCUT2D eigenvalue weighted by molar-refractivity contribution is 5.74. The summed E-state index contributed by atoms with van der Waals surface area (Å²) in [5.74, 6) is 0.0931. The third-order valence-corrected chi connectivity index (χ3v) is 1.07. The molecule has 1 amide bonds. The topological polar surface area (TPSA) is 20.3 Å². The van der Waals surface area contributed by atoms with E-state index in [1.165, 1.54) is 0 Å². The second-order valence-corrected chi connectivity index (χ2v) is 1.79. The Labute approximate surface area is 56.2 Å². The van der Waals surface area contributed by atoms with Crippen molar-refractivity contribution in [1.29, 1.82) is 0 Å². The lowest BCUT2D eigenvalue weighted by Crippen LogP contribution is -2.21. The van der Waals surface area contributed by atoms with E-state index in [-0.39, 0.29) is 5.91 Å². The molecule has 0 saturated heterocycles. The van der Waals surface area contributed by atoms with Crippen LogP contribution >= 0.6 is 0 Å². The van der Waals surface area contributed by atoms with Crippen LogP contribution in [0.3, 0.4) is 0 Å². The number of allylic oxidation sites excluding steroid dienone is 1. The summed E-state index contributed by atoms with van der Waals surface area (Å²) in [7, 11) is 0. The van der Waals surface area contributed by atoms with Crippen molar-refractivity contribution in [3.05, 3.63) is 12.3 Å². The third-order valence-electron chi connectivity index (χ3n) is 1.07. The SMILES string of the molecule is CC=CN(CC)C(C)=O. The van der Waals surface area contributed by atoms with Gasteiger partial charge < -0.3 is 4.90 Å². The third kappa shape index (κ3) is 2.90. The van der Waals surface area contributed by atoms with Crippen LogP contribution in [0.2, 0.25) is 0 Å². The lowest BCUT2D eigenvalue weighted by Gasteiger charge is -2.11. The van der Waals surface area contributed by atoms with Crippen molar-refractivity contribution in [3.8, 4) is 0 Å². The quantitative estimate of drug-likeness (QED) is 0.549. The van der Waals surface area contributed by atoms with E-state index in [1.807, 2.05) is 19.9 Å². The van der Waals surface area contributed by atoms with Crippen LogP contribution in [-0.4, -0.2) is 17.4 Å². The Morgan fingerprint density at radius 2 is 2.22 bits per heavy atom. The number of hydrogen-bond acceptors (Lipinski definition) is 1. The smallest absolute Gasteiger partial charge is 0.223 e. The van der Waals surface area contributed by atoms with Crippen molar-refractivity contribution in [2.45, 2.75) is 20.8 Å². The van der Waals surface area contributed by atoms with Crippen LogP contribution < -0.4 is 0 Å². The van der Waals surface area contributed by atoms with Gasteiger partial charge in [0.15, 0.2) is 0 Å². The molecular formula is C7H13NO. The van der Waals surface area contributed by atoms with E-state index in [9.17, 15) is 4.79 Å². The molecule has 0 spiro atoms. The fourth-order valence-corrected chi connectivity index (χ4v) is 0.613. The van der Waals surface area contributed by atoms with Gasteiger partial charge in [-0.2, -0.15) is 0 Å². The van der Waals surface area contributed by atoms with Crippen LogP contribution in [0.15, 0.2) is 12.3 Å². The Balaban J connectivity index is 3.83. The van der Waals surface area contributed by atoms with Crippen molar-refractivity contribution < 1.29 is 4.79 Å². The molecule has 2 heteroatoms. The largest absolute Gasteiger partial charge is 0.320 e. The first-order valence-electron chi connectivity index (χ1n) is 3.12. The number of hydrogen-bond donors (Lipinski definition) is 0. The van der Waals surface area contributed by atoms with E-state index in [2.05, 4.69) is 0 Å². The molecule has 0 heterocycles. The van der Waals surface area contributed by atoms with Crippen molar-refractivity contribution in [3.63, 3.8) is 0 Å². The van der Waals surface area contributed by atoms with Gasteiger partial charge >= 0.3 is 0 Å². The van der Waals surface area contributed by atoms with Gasteiger partial charge in [-0.1, -0.05) is 6.08 Å². The monoisotopic (exact) mass is 127 g/mol. The highest BCUT2D eigenvalue weighted by Gasteiger charge is 1.97. The van der Waals surface area contributed by atoms with E-state index in [0.717, 1.165) is 6.54 Å². The Morgan fingerprint density at radius 1 is 1.67 bits per heavy atom. The van der Waals surface area contributed by atoms with Gasteiger partial charge in [-0.05, 0) is 13.8 Å². The minimum absolute atomic E-state index is 0.0931. The molecule has 0 saturated carbocycles. The Morgan fingerprint density at radius 3 is 2.33 bits per heavy atom. The molecule has 0 aliphatic carbocycles.